The highest BCUT2D eigenvalue weighted by Gasteiger charge is 2.17. The predicted octanol–water partition coefficient (Wildman–Crippen LogP) is 12.4. The molecule has 7 aromatic carbocycles. The standard InChI is InChI=1S/C47H27N3O/c48-28-29-15-17-46-42(21-29)43-25-30(16-18-47(43)51-46)38-26-40-37-12-4-2-10-35(37)39(27-41(40)36-11-3-1-9-34(36)38)31-22-32(44-13-5-7-19-49-44)24-33(23-31)45-14-6-8-20-50-45/h1-27H. The Kier molecular flexibility index (Phi) is 6.52. The molecule has 10 rings (SSSR count). The van der Waals surface area contributed by atoms with Crippen molar-refractivity contribution in [1.82, 2.24) is 9.97 Å². The van der Waals surface area contributed by atoms with E-state index in [0.29, 0.717) is 5.56 Å². The normalized spacial score (nSPS) is 11.5. The first-order valence-electron chi connectivity index (χ1n) is 16.9. The highest BCUT2D eigenvalue weighted by atomic mass is 16.3. The van der Waals surface area contributed by atoms with Gasteiger partial charge in [-0.25, -0.2) is 0 Å². The van der Waals surface area contributed by atoms with Gasteiger partial charge in [0.05, 0.1) is 23.0 Å². The lowest BCUT2D eigenvalue weighted by molar-refractivity contribution is 0.669. The van der Waals surface area contributed by atoms with Crippen molar-refractivity contribution in [2.45, 2.75) is 0 Å². The zero-order valence-electron chi connectivity index (χ0n) is 27.3. The van der Waals surface area contributed by atoms with Crippen molar-refractivity contribution in [2.24, 2.45) is 0 Å². The molecule has 10 aromatic rings. The molecule has 3 aromatic heterocycles. The Balaban J connectivity index is 1.25. The van der Waals surface area contributed by atoms with E-state index in [-0.39, 0.29) is 0 Å². The molecule has 0 bridgehead atoms. The van der Waals surface area contributed by atoms with Gasteiger partial charge in [-0.1, -0.05) is 66.7 Å². The number of nitrogens with zero attached hydrogens (tertiary/aromatic N) is 3. The topological polar surface area (TPSA) is 62.7 Å². The van der Waals surface area contributed by atoms with Gasteiger partial charge in [-0.3, -0.25) is 9.97 Å². The Morgan fingerprint density at radius 3 is 1.47 bits per heavy atom. The van der Waals surface area contributed by atoms with Gasteiger partial charge in [-0.05, 0) is 140 Å². The maximum absolute atomic E-state index is 9.58. The summed E-state index contributed by atoms with van der Waals surface area (Å²) >= 11 is 0. The van der Waals surface area contributed by atoms with Crippen LogP contribution in [-0.2, 0) is 0 Å². The van der Waals surface area contributed by atoms with Gasteiger partial charge in [-0.2, -0.15) is 5.26 Å². The number of fused-ring (bicyclic) bond motifs is 8. The number of hydrogen-bond donors (Lipinski definition) is 0. The Bertz CT molecular complexity index is 2970. The first kappa shape index (κ1) is 28.9. The van der Waals surface area contributed by atoms with E-state index in [1.165, 1.54) is 32.3 Å². The molecule has 0 aliphatic heterocycles. The molecule has 0 saturated heterocycles. The summed E-state index contributed by atoms with van der Waals surface area (Å²) in [5.41, 5.74) is 10.6. The molecular weight excluding hydrogens is 623 g/mol. The SMILES string of the molecule is N#Cc1ccc2oc3ccc(-c4cc5c6ccccc6c(-c6cc(-c7ccccn7)cc(-c7ccccn7)c6)cc5c5ccccc45)cc3c2c1. The minimum Gasteiger partial charge on any atom is -0.456 e. The van der Waals surface area contributed by atoms with Gasteiger partial charge in [0, 0.05) is 34.3 Å². The van der Waals surface area contributed by atoms with Crippen molar-refractivity contribution in [3.63, 3.8) is 0 Å². The van der Waals surface area contributed by atoms with Gasteiger partial charge >= 0.3 is 0 Å². The smallest absolute Gasteiger partial charge is 0.135 e. The Morgan fingerprint density at radius 2 is 0.902 bits per heavy atom. The molecule has 0 fully saturated rings. The predicted molar refractivity (Wildman–Crippen MR) is 208 cm³/mol. The maximum Gasteiger partial charge on any atom is 0.135 e. The molecule has 0 atom stereocenters. The van der Waals surface area contributed by atoms with Crippen LogP contribution in [0.3, 0.4) is 0 Å². The number of hydrogen-bond acceptors (Lipinski definition) is 4. The summed E-state index contributed by atoms with van der Waals surface area (Å²) in [5.74, 6) is 0. The largest absolute Gasteiger partial charge is 0.456 e. The fourth-order valence-corrected chi connectivity index (χ4v) is 7.59. The van der Waals surface area contributed by atoms with Crippen molar-refractivity contribution >= 4 is 54.3 Å². The average molecular weight is 650 g/mol. The maximum atomic E-state index is 9.58. The van der Waals surface area contributed by atoms with E-state index in [1.807, 2.05) is 54.9 Å². The van der Waals surface area contributed by atoms with E-state index in [4.69, 9.17) is 14.4 Å². The summed E-state index contributed by atoms with van der Waals surface area (Å²) < 4.78 is 6.17. The second kappa shape index (κ2) is 11.5. The van der Waals surface area contributed by atoms with Crippen LogP contribution in [0.15, 0.2) is 168 Å². The summed E-state index contributed by atoms with van der Waals surface area (Å²) in [7, 11) is 0. The van der Waals surface area contributed by atoms with Gasteiger partial charge in [0.2, 0.25) is 0 Å². The summed E-state index contributed by atoms with van der Waals surface area (Å²) in [4.78, 5) is 9.42. The molecule has 4 nitrogen and oxygen atoms in total. The summed E-state index contributed by atoms with van der Waals surface area (Å²) in [6, 6.07) is 55.1. The van der Waals surface area contributed by atoms with Crippen molar-refractivity contribution in [3.05, 3.63) is 170 Å². The Hall–Kier alpha value is -7.09. The van der Waals surface area contributed by atoms with Crippen LogP contribution in [0.2, 0.25) is 0 Å². The van der Waals surface area contributed by atoms with Crippen LogP contribution in [0, 0.1) is 11.3 Å². The van der Waals surface area contributed by atoms with Crippen molar-refractivity contribution in [3.8, 4) is 50.8 Å². The molecule has 0 amide bonds. The van der Waals surface area contributed by atoms with Crippen LogP contribution in [0.5, 0.6) is 0 Å². The number of nitriles is 1. The van der Waals surface area contributed by atoms with Crippen LogP contribution in [-0.4, -0.2) is 9.97 Å². The van der Waals surface area contributed by atoms with Crippen molar-refractivity contribution in [1.29, 1.82) is 5.26 Å². The summed E-state index contributed by atoms with van der Waals surface area (Å²) in [6.07, 6.45) is 3.68. The fraction of sp³-hybridized carbons (Fsp3) is 0. The van der Waals surface area contributed by atoms with E-state index in [9.17, 15) is 5.26 Å². The third-order valence-electron chi connectivity index (χ3n) is 9.96. The van der Waals surface area contributed by atoms with E-state index in [0.717, 1.165) is 66.7 Å². The van der Waals surface area contributed by atoms with E-state index >= 15 is 0 Å². The monoisotopic (exact) mass is 649 g/mol. The lowest BCUT2D eigenvalue weighted by Crippen LogP contribution is -1.91. The molecule has 0 N–H and O–H groups in total. The third-order valence-corrected chi connectivity index (χ3v) is 9.96. The molecule has 0 aliphatic carbocycles. The van der Waals surface area contributed by atoms with Gasteiger partial charge in [-0.15, -0.1) is 0 Å². The van der Waals surface area contributed by atoms with Gasteiger partial charge in [0.25, 0.3) is 0 Å². The molecule has 51 heavy (non-hydrogen) atoms. The van der Waals surface area contributed by atoms with Crippen molar-refractivity contribution < 1.29 is 4.42 Å². The van der Waals surface area contributed by atoms with Gasteiger partial charge in [0.1, 0.15) is 11.2 Å². The van der Waals surface area contributed by atoms with Crippen molar-refractivity contribution in [2.75, 3.05) is 0 Å². The Morgan fingerprint density at radius 1 is 0.392 bits per heavy atom. The van der Waals surface area contributed by atoms with E-state index < -0.39 is 0 Å². The number of benzene rings is 7. The number of pyridine rings is 2. The minimum atomic E-state index is 0.617. The molecule has 0 radical (unpaired) electrons. The highest BCUT2D eigenvalue weighted by Crippen LogP contribution is 2.44. The lowest BCUT2D eigenvalue weighted by atomic mass is 9.86. The quantitative estimate of drug-likeness (QED) is 0.178. The molecule has 236 valence electrons. The number of rotatable bonds is 4. The number of furan rings is 1. The fourth-order valence-electron chi connectivity index (χ4n) is 7.59. The molecule has 0 saturated carbocycles. The second-order valence-electron chi connectivity index (χ2n) is 12.9. The summed E-state index contributed by atoms with van der Waals surface area (Å²) in [6.45, 7) is 0. The zero-order valence-corrected chi connectivity index (χ0v) is 27.3. The van der Waals surface area contributed by atoms with Crippen LogP contribution < -0.4 is 0 Å². The van der Waals surface area contributed by atoms with Crippen LogP contribution in [0.4, 0.5) is 0 Å². The molecular formula is C47H27N3O. The third kappa shape index (κ3) is 4.75. The summed E-state index contributed by atoms with van der Waals surface area (Å²) in [5, 5.41) is 18.6. The zero-order chi connectivity index (χ0) is 33.9. The molecule has 0 unspecified atom stereocenters. The molecule has 0 aliphatic rings. The van der Waals surface area contributed by atoms with Crippen LogP contribution in [0.25, 0.3) is 99.0 Å². The Labute approximate surface area is 293 Å². The first-order valence-corrected chi connectivity index (χ1v) is 16.9. The van der Waals surface area contributed by atoms with Crippen LogP contribution in [0.1, 0.15) is 5.56 Å². The minimum absolute atomic E-state index is 0.617. The second-order valence-corrected chi connectivity index (χ2v) is 12.9. The lowest BCUT2D eigenvalue weighted by Gasteiger charge is -2.17. The van der Waals surface area contributed by atoms with E-state index in [2.05, 4.69) is 109 Å². The average Bonchev–Trinajstić information content (AvgIpc) is 3.58. The number of aromatic nitrogens is 2. The molecule has 0 spiro atoms. The van der Waals surface area contributed by atoms with Gasteiger partial charge < -0.3 is 4.42 Å². The van der Waals surface area contributed by atoms with E-state index in [1.54, 1.807) is 6.07 Å². The van der Waals surface area contributed by atoms with Crippen LogP contribution >= 0.6 is 0 Å². The molecule has 4 heteroatoms. The van der Waals surface area contributed by atoms with Gasteiger partial charge in [0.15, 0.2) is 0 Å². The highest BCUT2D eigenvalue weighted by molar-refractivity contribution is 6.24. The first-order chi connectivity index (χ1) is 25.2. The molecule has 3 heterocycles.